The van der Waals surface area contributed by atoms with Crippen LogP contribution in [0.3, 0.4) is 0 Å². The van der Waals surface area contributed by atoms with Gasteiger partial charge in [-0.3, -0.25) is 9.69 Å². The molecule has 1 amide bonds. The number of amides is 1. The molecule has 0 fully saturated rings. The van der Waals surface area contributed by atoms with Crippen molar-refractivity contribution in [3.05, 3.63) is 78.4 Å². The monoisotopic (exact) mass is 458 g/mol. The summed E-state index contributed by atoms with van der Waals surface area (Å²) in [5, 5.41) is 9.58. The van der Waals surface area contributed by atoms with Crippen LogP contribution in [0.4, 0.5) is 11.4 Å². The standard InChI is InChI=1S/C25H22N4OS2/c1-3-28-24(18-10-8-9-17(2)15-18)26-27-25(28)31-16-23(30)29-19-11-4-6-13-21(19)32-22-14-7-5-12-20(22)29/h4-15H,3,16H2,1-2H3. The molecule has 1 aromatic heterocycles. The third kappa shape index (κ3) is 3.82. The smallest absolute Gasteiger partial charge is 0.242 e. The minimum Gasteiger partial charge on any atom is -0.302 e. The first-order chi connectivity index (χ1) is 15.7. The van der Waals surface area contributed by atoms with Crippen molar-refractivity contribution in [3.63, 3.8) is 0 Å². The Labute approximate surface area is 195 Å². The number of carbonyl (C=O) groups is 1. The largest absolute Gasteiger partial charge is 0.302 e. The lowest BCUT2D eigenvalue weighted by molar-refractivity contribution is -0.115. The number of hydrogen-bond acceptors (Lipinski definition) is 5. The van der Waals surface area contributed by atoms with Crippen LogP contribution < -0.4 is 4.90 Å². The van der Waals surface area contributed by atoms with Crippen LogP contribution in [0.5, 0.6) is 0 Å². The van der Waals surface area contributed by atoms with Crippen LogP contribution in [0.1, 0.15) is 12.5 Å². The Kier molecular flexibility index (Phi) is 5.76. The van der Waals surface area contributed by atoms with Crippen molar-refractivity contribution < 1.29 is 4.79 Å². The number of aryl methyl sites for hydroxylation is 1. The minimum atomic E-state index is 0.0259. The van der Waals surface area contributed by atoms with Gasteiger partial charge in [-0.2, -0.15) is 0 Å². The number of nitrogens with zero attached hydrogens (tertiary/aromatic N) is 4. The molecular formula is C25H22N4OS2. The van der Waals surface area contributed by atoms with E-state index in [2.05, 4.69) is 52.9 Å². The van der Waals surface area contributed by atoms with Gasteiger partial charge in [0.15, 0.2) is 11.0 Å². The molecular weight excluding hydrogens is 436 g/mol. The summed E-state index contributed by atoms with van der Waals surface area (Å²) in [6.07, 6.45) is 0. The number of hydrogen-bond donors (Lipinski definition) is 0. The van der Waals surface area contributed by atoms with Crippen LogP contribution in [0.25, 0.3) is 11.4 Å². The molecule has 0 N–H and O–H groups in total. The molecule has 4 aromatic rings. The van der Waals surface area contributed by atoms with Gasteiger partial charge in [0.1, 0.15) is 0 Å². The Morgan fingerprint density at radius 1 is 0.938 bits per heavy atom. The quantitative estimate of drug-likeness (QED) is 0.334. The summed E-state index contributed by atoms with van der Waals surface area (Å²) in [7, 11) is 0. The molecule has 0 saturated carbocycles. The average molecular weight is 459 g/mol. The molecule has 1 aliphatic heterocycles. The Bertz CT molecular complexity index is 1260. The van der Waals surface area contributed by atoms with Gasteiger partial charge < -0.3 is 4.57 Å². The minimum absolute atomic E-state index is 0.0259. The second kappa shape index (κ2) is 8.84. The highest BCUT2D eigenvalue weighted by Gasteiger charge is 2.28. The summed E-state index contributed by atoms with van der Waals surface area (Å²) < 4.78 is 2.07. The number of rotatable bonds is 5. The second-order valence-electron chi connectivity index (χ2n) is 7.48. The van der Waals surface area contributed by atoms with Crippen LogP contribution in [0.2, 0.25) is 0 Å². The van der Waals surface area contributed by atoms with Gasteiger partial charge in [0, 0.05) is 21.9 Å². The number of thioether (sulfide) groups is 1. The Hall–Kier alpha value is -3.03. The topological polar surface area (TPSA) is 51.0 Å². The summed E-state index contributed by atoms with van der Waals surface area (Å²) >= 11 is 3.13. The van der Waals surface area contributed by atoms with Crippen molar-refractivity contribution in [2.45, 2.75) is 35.3 Å². The Balaban J connectivity index is 1.42. The van der Waals surface area contributed by atoms with Crippen LogP contribution in [-0.2, 0) is 11.3 Å². The van der Waals surface area contributed by atoms with Crippen LogP contribution in [0, 0.1) is 6.92 Å². The molecule has 7 heteroatoms. The van der Waals surface area contributed by atoms with Crippen molar-refractivity contribution in [1.29, 1.82) is 0 Å². The third-order valence-corrected chi connectivity index (χ3v) is 7.40. The molecule has 0 saturated heterocycles. The van der Waals surface area contributed by atoms with E-state index < -0.39 is 0 Å². The molecule has 160 valence electrons. The van der Waals surface area contributed by atoms with E-state index in [-0.39, 0.29) is 11.7 Å². The van der Waals surface area contributed by atoms with E-state index in [1.807, 2.05) is 53.4 Å². The first-order valence-corrected chi connectivity index (χ1v) is 12.3. The zero-order valence-corrected chi connectivity index (χ0v) is 19.5. The van der Waals surface area contributed by atoms with E-state index in [9.17, 15) is 4.79 Å². The highest BCUT2D eigenvalue weighted by Crippen LogP contribution is 2.48. The summed E-state index contributed by atoms with van der Waals surface area (Å²) in [4.78, 5) is 17.5. The molecule has 0 atom stereocenters. The van der Waals surface area contributed by atoms with Crippen molar-refractivity contribution in [2.75, 3.05) is 10.7 Å². The van der Waals surface area contributed by atoms with E-state index in [0.717, 1.165) is 44.3 Å². The number of benzene rings is 3. The molecule has 3 aromatic carbocycles. The van der Waals surface area contributed by atoms with E-state index >= 15 is 0 Å². The SMILES string of the molecule is CCn1c(SCC(=O)N2c3ccccc3Sc3ccccc32)nnc1-c1cccc(C)c1. The Morgan fingerprint density at radius 3 is 2.28 bits per heavy atom. The van der Waals surface area contributed by atoms with E-state index in [1.165, 1.54) is 17.3 Å². The van der Waals surface area contributed by atoms with Gasteiger partial charge in [-0.15, -0.1) is 10.2 Å². The first-order valence-electron chi connectivity index (χ1n) is 10.5. The summed E-state index contributed by atoms with van der Waals surface area (Å²) in [5.74, 6) is 1.13. The van der Waals surface area contributed by atoms with Gasteiger partial charge in [-0.25, -0.2) is 0 Å². The van der Waals surface area contributed by atoms with Gasteiger partial charge in [-0.1, -0.05) is 71.6 Å². The van der Waals surface area contributed by atoms with Gasteiger partial charge in [0.05, 0.1) is 17.1 Å². The highest BCUT2D eigenvalue weighted by atomic mass is 32.2. The molecule has 0 aliphatic carbocycles. The molecule has 32 heavy (non-hydrogen) atoms. The van der Waals surface area contributed by atoms with Crippen molar-refractivity contribution in [3.8, 4) is 11.4 Å². The Morgan fingerprint density at radius 2 is 1.62 bits per heavy atom. The fraction of sp³-hybridized carbons (Fsp3) is 0.160. The molecule has 2 heterocycles. The molecule has 5 nitrogen and oxygen atoms in total. The van der Waals surface area contributed by atoms with Gasteiger partial charge in [0.2, 0.25) is 5.91 Å². The fourth-order valence-electron chi connectivity index (χ4n) is 3.84. The van der Waals surface area contributed by atoms with Crippen molar-refractivity contribution in [2.24, 2.45) is 0 Å². The summed E-state index contributed by atoms with van der Waals surface area (Å²) in [5.41, 5.74) is 4.07. The summed E-state index contributed by atoms with van der Waals surface area (Å²) in [6.45, 7) is 4.87. The van der Waals surface area contributed by atoms with E-state index in [1.54, 1.807) is 11.8 Å². The van der Waals surface area contributed by atoms with Crippen LogP contribution in [-0.4, -0.2) is 26.4 Å². The zero-order valence-electron chi connectivity index (χ0n) is 17.9. The number of para-hydroxylation sites is 2. The zero-order chi connectivity index (χ0) is 22.1. The van der Waals surface area contributed by atoms with Gasteiger partial charge in [-0.05, 0) is 44.2 Å². The maximum atomic E-state index is 13.5. The number of carbonyl (C=O) groups excluding carboxylic acids is 1. The molecule has 0 radical (unpaired) electrons. The molecule has 0 spiro atoms. The molecule has 0 bridgehead atoms. The van der Waals surface area contributed by atoms with Gasteiger partial charge in [0.25, 0.3) is 0 Å². The highest BCUT2D eigenvalue weighted by molar-refractivity contribution is 8.00. The number of fused-ring (bicyclic) bond motifs is 2. The van der Waals surface area contributed by atoms with Crippen LogP contribution in [0.15, 0.2) is 87.7 Å². The molecule has 1 aliphatic rings. The molecule has 0 unspecified atom stereocenters. The lowest BCUT2D eigenvalue weighted by atomic mass is 10.1. The van der Waals surface area contributed by atoms with Gasteiger partial charge >= 0.3 is 0 Å². The van der Waals surface area contributed by atoms with E-state index in [0.29, 0.717) is 0 Å². The second-order valence-corrected chi connectivity index (χ2v) is 9.50. The third-order valence-electron chi connectivity index (χ3n) is 5.32. The first kappa shape index (κ1) is 20.8. The fourth-order valence-corrected chi connectivity index (χ4v) is 5.75. The maximum absolute atomic E-state index is 13.5. The number of aromatic nitrogens is 3. The maximum Gasteiger partial charge on any atom is 0.242 e. The van der Waals surface area contributed by atoms with E-state index in [4.69, 9.17) is 0 Å². The van der Waals surface area contributed by atoms with Crippen LogP contribution >= 0.6 is 23.5 Å². The predicted octanol–water partition coefficient (Wildman–Crippen LogP) is 6.20. The lowest BCUT2D eigenvalue weighted by Crippen LogP contribution is -2.30. The summed E-state index contributed by atoms with van der Waals surface area (Å²) in [6, 6.07) is 24.3. The number of anilines is 2. The van der Waals surface area contributed by atoms with Crippen molar-refractivity contribution in [1.82, 2.24) is 14.8 Å². The normalized spacial score (nSPS) is 12.4. The average Bonchev–Trinajstić information content (AvgIpc) is 3.24. The van der Waals surface area contributed by atoms with Crippen molar-refractivity contribution >= 4 is 40.8 Å². The predicted molar refractivity (Wildman–Crippen MR) is 131 cm³/mol. The molecule has 5 rings (SSSR count). The lowest BCUT2D eigenvalue weighted by Gasteiger charge is -2.30.